The summed E-state index contributed by atoms with van der Waals surface area (Å²) in [5.41, 5.74) is 2.25. The van der Waals surface area contributed by atoms with Crippen molar-refractivity contribution in [1.29, 1.82) is 0 Å². The number of benzene rings is 1. The van der Waals surface area contributed by atoms with Crippen LogP contribution in [0, 0.1) is 13.8 Å². The monoisotopic (exact) mass is 373 g/mol. The molecule has 6 heteroatoms. The van der Waals surface area contributed by atoms with E-state index < -0.39 is 0 Å². The van der Waals surface area contributed by atoms with E-state index in [9.17, 15) is 4.79 Å². The molecule has 0 spiro atoms. The van der Waals surface area contributed by atoms with Gasteiger partial charge in [-0.15, -0.1) is 0 Å². The first-order chi connectivity index (χ1) is 12.8. The number of nitrogens with one attached hydrogen (secondary N) is 1. The first-order valence-electron chi connectivity index (χ1n) is 9.48. The quantitative estimate of drug-likeness (QED) is 0.726. The van der Waals surface area contributed by atoms with Crippen molar-refractivity contribution in [3.05, 3.63) is 46.8 Å². The molecule has 27 heavy (non-hydrogen) atoms. The lowest BCUT2D eigenvalue weighted by molar-refractivity contribution is 0.0935. The van der Waals surface area contributed by atoms with Gasteiger partial charge in [-0.2, -0.15) is 0 Å². The number of carbonyl (C=O) groups excluding carboxylic acids is 1. The highest BCUT2D eigenvalue weighted by atomic mass is 16.5. The summed E-state index contributed by atoms with van der Waals surface area (Å²) >= 11 is 0. The van der Waals surface area contributed by atoms with Gasteiger partial charge in [-0.3, -0.25) is 9.69 Å². The number of hydrogen-bond acceptors (Lipinski definition) is 5. The molecule has 0 fully saturated rings. The zero-order valence-electron chi connectivity index (χ0n) is 17.2. The molecular formula is C21H31N3O3. The van der Waals surface area contributed by atoms with Gasteiger partial charge in [0.05, 0.1) is 16.8 Å². The Kier molecular flexibility index (Phi) is 7.42. The number of aryl methyl sites for hydroxylation is 2. The Hall–Kier alpha value is -2.34. The van der Waals surface area contributed by atoms with Crippen LogP contribution in [0.1, 0.15) is 55.1 Å². The topological polar surface area (TPSA) is 67.6 Å². The van der Waals surface area contributed by atoms with E-state index in [1.807, 2.05) is 32.0 Å². The Bertz CT molecular complexity index is 725. The van der Waals surface area contributed by atoms with E-state index in [0.717, 1.165) is 23.6 Å². The lowest BCUT2D eigenvalue weighted by Crippen LogP contribution is -2.42. The first kappa shape index (κ1) is 21.0. The van der Waals surface area contributed by atoms with Crippen LogP contribution in [0.25, 0.3) is 0 Å². The Balaban J connectivity index is 1.98. The maximum Gasteiger partial charge on any atom is 0.255 e. The Labute approximate surface area is 161 Å². The minimum Gasteiger partial charge on any atom is -0.488 e. The van der Waals surface area contributed by atoms with Crippen LogP contribution in [0.5, 0.6) is 5.75 Å². The fraction of sp³-hybridized carbons (Fsp3) is 0.524. The molecule has 0 saturated carbocycles. The molecule has 1 aromatic heterocycles. The number of rotatable bonds is 9. The maximum atomic E-state index is 12.6. The molecule has 0 radical (unpaired) electrons. The van der Waals surface area contributed by atoms with Gasteiger partial charge < -0.3 is 14.6 Å². The van der Waals surface area contributed by atoms with Crippen molar-refractivity contribution in [2.24, 2.45) is 0 Å². The number of hydrogen-bond donors (Lipinski definition) is 1. The largest absolute Gasteiger partial charge is 0.488 e. The van der Waals surface area contributed by atoms with E-state index in [1.54, 1.807) is 6.07 Å². The predicted molar refractivity (Wildman–Crippen MR) is 106 cm³/mol. The van der Waals surface area contributed by atoms with Gasteiger partial charge in [0.15, 0.2) is 0 Å². The molecule has 0 aliphatic carbocycles. The van der Waals surface area contributed by atoms with Gasteiger partial charge in [0, 0.05) is 25.2 Å². The van der Waals surface area contributed by atoms with Gasteiger partial charge >= 0.3 is 0 Å². The summed E-state index contributed by atoms with van der Waals surface area (Å²) in [7, 11) is 0. The first-order valence-corrected chi connectivity index (χ1v) is 9.48. The standard InChI is InChI=1S/C21H31N3O3/c1-14(2)24(15(3)4)12-11-22-21(25)18-9-7-8-10-20(18)26-13-19-16(5)23-27-17(19)6/h7-10,14-15H,11-13H2,1-6H3,(H,22,25). The minimum atomic E-state index is -0.128. The highest BCUT2D eigenvalue weighted by Crippen LogP contribution is 2.21. The number of aromatic nitrogens is 1. The molecule has 6 nitrogen and oxygen atoms in total. The Morgan fingerprint density at radius 2 is 1.85 bits per heavy atom. The van der Waals surface area contributed by atoms with Crippen LogP contribution in [-0.4, -0.2) is 41.1 Å². The molecule has 1 heterocycles. The van der Waals surface area contributed by atoms with E-state index in [4.69, 9.17) is 9.26 Å². The molecule has 1 aromatic carbocycles. The summed E-state index contributed by atoms with van der Waals surface area (Å²) in [5.74, 6) is 1.16. The summed E-state index contributed by atoms with van der Waals surface area (Å²) in [6, 6.07) is 8.16. The second-order valence-corrected chi connectivity index (χ2v) is 7.27. The van der Waals surface area contributed by atoms with Gasteiger partial charge in [-0.05, 0) is 53.7 Å². The molecule has 0 unspecified atom stereocenters. The van der Waals surface area contributed by atoms with E-state index >= 15 is 0 Å². The van der Waals surface area contributed by atoms with Gasteiger partial charge in [0.25, 0.3) is 5.91 Å². The maximum absolute atomic E-state index is 12.6. The molecule has 1 N–H and O–H groups in total. The fourth-order valence-electron chi connectivity index (χ4n) is 3.14. The fourth-order valence-corrected chi connectivity index (χ4v) is 3.14. The number of nitrogens with zero attached hydrogens (tertiary/aromatic N) is 2. The molecule has 0 bridgehead atoms. The molecule has 2 rings (SSSR count). The smallest absolute Gasteiger partial charge is 0.255 e. The lowest BCUT2D eigenvalue weighted by atomic mass is 10.1. The van der Waals surface area contributed by atoms with Crippen molar-refractivity contribution >= 4 is 5.91 Å². The van der Waals surface area contributed by atoms with Crippen LogP contribution in [0.15, 0.2) is 28.8 Å². The number of para-hydroxylation sites is 1. The summed E-state index contributed by atoms with van der Waals surface area (Å²) < 4.78 is 11.1. The second kappa shape index (κ2) is 9.55. The van der Waals surface area contributed by atoms with Crippen molar-refractivity contribution in [1.82, 2.24) is 15.4 Å². The molecule has 0 aliphatic heterocycles. The van der Waals surface area contributed by atoms with Gasteiger partial charge in [-0.25, -0.2) is 0 Å². The molecule has 1 amide bonds. The molecule has 0 aliphatic rings. The SMILES string of the molecule is Cc1noc(C)c1COc1ccccc1C(=O)NCCN(C(C)C)C(C)C. The third kappa shape index (κ3) is 5.57. The van der Waals surface area contributed by atoms with E-state index in [2.05, 4.69) is 43.1 Å². The average molecular weight is 373 g/mol. The molecule has 0 atom stereocenters. The second-order valence-electron chi connectivity index (χ2n) is 7.27. The van der Waals surface area contributed by atoms with Crippen LogP contribution in [0.4, 0.5) is 0 Å². The van der Waals surface area contributed by atoms with E-state index in [0.29, 0.717) is 36.5 Å². The summed E-state index contributed by atoms with van der Waals surface area (Å²) in [6.45, 7) is 14.1. The van der Waals surface area contributed by atoms with Crippen LogP contribution in [0.3, 0.4) is 0 Å². The van der Waals surface area contributed by atoms with Crippen LogP contribution < -0.4 is 10.1 Å². The third-order valence-corrected chi connectivity index (χ3v) is 4.67. The van der Waals surface area contributed by atoms with Crippen LogP contribution >= 0.6 is 0 Å². The third-order valence-electron chi connectivity index (χ3n) is 4.67. The van der Waals surface area contributed by atoms with Crippen molar-refractivity contribution < 1.29 is 14.1 Å². The van der Waals surface area contributed by atoms with Crippen LogP contribution in [-0.2, 0) is 6.61 Å². The zero-order valence-corrected chi connectivity index (χ0v) is 17.2. The summed E-state index contributed by atoms with van der Waals surface area (Å²) in [4.78, 5) is 15.0. The van der Waals surface area contributed by atoms with Crippen molar-refractivity contribution in [2.45, 2.75) is 60.2 Å². The van der Waals surface area contributed by atoms with Crippen molar-refractivity contribution in [3.63, 3.8) is 0 Å². The highest BCUT2D eigenvalue weighted by molar-refractivity contribution is 5.96. The number of ether oxygens (including phenoxy) is 1. The van der Waals surface area contributed by atoms with Crippen molar-refractivity contribution in [3.8, 4) is 5.75 Å². The minimum absolute atomic E-state index is 0.128. The Morgan fingerprint density at radius 3 is 2.44 bits per heavy atom. The molecule has 2 aromatic rings. The Morgan fingerprint density at radius 1 is 1.19 bits per heavy atom. The van der Waals surface area contributed by atoms with Crippen LogP contribution in [0.2, 0.25) is 0 Å². The summed E-state index contributed by atoms with van der Waals surface area (Å²) in [5, 5.41) is 6.94. The highest BCUT2D eigenvalue weighted by Gasteiger charge is 2.16. The molecule has 148 valence electrons. The molecular weight excluding hydrogens is 342 g/mol. The molecule has 0 saturated heterocycles. The zero-order chi connectivity index (χ0) is 20.0. The lowest BCUT2D eigenvalue weighted by Gasteiger charge is -2.30. The summed E-state index contributed by atoms with van der Waals surface area (Å²) in [6.07, 6.45) is 0. The number of amides is 1. The van der Waals surface area contributed by atoms with Gasteiger partial charge in [0.2, 0.25) is 0 Å². The van der Waals surface area contributed by atoms with E-state index in [1.165, 1.54) is 0 Å². The van der Waals surface area contributed by atoms with Gasteiger partial charge in [-0.1, -0.05) is 17.3 Å². The van der Waals surface area contributed by atoms with Gasteiger partial charge in [0.1, 0.15) is 18.1 Å². The normalized spacial score (nSPS) is 11.4. The average Bonchev–Trinajstić information content (AvgIpc) is 2.94. The predicted octanol–water partition coefficient (Wildman–Crippen LogP) is 3.72. The van der Waals surface area contributed by atoms with Crippen molar-refractivity contribution in [2.75, 3.05) is 13.1 Å². The van der Waals surface area contributed by atoms with E-state index in [-0.39, 0.29) is 5.91 Å². The number of carbonyl (C=O) groups is 1.